The quantitative estimate of drug-likeness (QED) is 0.882. The Bertz CT molecular complexity index is 654. The zero-order chi connectivity index (χ0) is 15.4. The first-order chi connectivity index (χ1) is 9.99. The zero-order valence-electron chi connectivity index (χ0n) is 12.4. The van der Waals surface area contributed by atoms with Crippen LogP contribution < -0.4 is 5.32 Å². The van der Waals surface area contributed by atoms with Gasteiger partial charge in [0.25, 0.3) is 0 Å². The highest BCUT2D eigenvalue weighted by molar-refractivity contribution is 5.93. The molecule has 0 spiro atoms. The van der Waals surface area contributed by atoms with Crippen LogP contribution in [0.4, 0.5) is 5.82 Å². The molecule has 0 amide bonds. The third-order valence-corrected chi connectivity index (χ3v) is 3.08. The summed E-state index contributed by atoms with van der Waals surface area (Å²) in [6.07, 6.45) is 1.36. The van der Waals surface area contributed by atoms with Gasteiger partial charge in [-0.15, -0.1) is 0 Å². The number of nitrogens with zero attached hydrogens (tertiary/aromatic N) is 2. The third-order valence-electron chi connectivity index (χ3n) is 3.08. The third kappa shape index (κ3) is 3.56. The van der Waals surface area contributed by atoms with E-state index in [4.69, 9.17) is 0 Å². The molecule has 5 heteroatoms. The van der Waals surface area contributed by atoms with Crippen molar-refractivity contribution in [2.45, 2.75) is 20.8 Å². The average Bonchev–Trinajstić information content (AvgIpc) is 2.45. The van der Waals surface area contributed by atoms with Crippen LogP contribution in [-0.4, -0.2) is 27.6 Å². The molecule has 0 aliphatic rings. The van der Waals surface area contributed by atoms with Gasteiger partial charge in [-0.05, 0) is 18.4 Å². The van der Waals surface area contributed by atoms with E-state index in [1.54, 1.807) is 0 Å². The van der Waals surface area contributed by atoms with Crippen molar-refractivity contribution in [3.63, 3.8) is 0 Å². The van der Waals surface area contributed by atoms with Crippen molar-refractivity contribution in [2.24, 2.45) is 5.92 Å². The van der Waals surface area contributed by atoms with Gasteiger partial charge in [0.05, 0.1) is 0 Å². The van der Waals surface area contributed by atoms with E-state index in [1.165, 1.54) is 6.20 Å². The van der Waals surface area contributed by atoms with Crippen molar-refractivity contribution in [2.75, 3.05) is 11.9 Å². The number of benzene rings is 1. The molecule has 1 heterocycles. The van der Waals surface area contributed by atoms with E-state index in [2.05, 4.69) is 29.1 Å². The standard InChI is InChI=1S/C16H19N3O2/c1-10(2)8-17-15-13(16(20)21)9-18-14(19-15)12-7-5-4-6-11(12)3/h4-7,9-10H,8H2,1-3H3,(H,20,21)(H,17,18,19). The van der Waals surface area contributed by atoms with Crippen LogP contribution in [0, 0.1) is 12.8 Å². The van der Waals surface area contributed by atoms with Crippen LogP contribution in [0.15, 0.2) is 30.5 Å². The van der Waals surface area contributed by atoms with Gasteiger partial charge in [0, 0.05) is 18.3 Å². The molecule has 0 fully saturated rings. The maximum Gasteiger partial charge on any atom is 0.341 e. The minimum Gasteiger partial charge on any atom is -0.477 e. The summed E-state index contributed by atoms with van der Waals surface area (Å²) in [4.78, 5) is 19.8. The number of anilines is 1. The number of hydrogen-bond donors (Lipinski definition) is 2. The van der Waals surface area contributed by atoms with Crippen molar-refractivity contribution in [1.29, 1.82) is 0 Å². The Balaban J connectivity index is 2.43. The van der Waals surface area contributed by atoms with Gasteiger partial charge in [0.15, 0.2) is 5.82 Å². The van der Waals surface area contributed by atoms with Gasteiger partial charge in [-0.2, -0.15) is 0 Å². The number of aromatic nitrogens is 2. The largest absolute Gasteiger partial charge is 0.477 e. The van der Waals surface area contributed by atoms with Crippen LogP contribution in [0.5, 0.6) is 0 Å². The molecule has 2 aromatic rings. The van der Waals surface area contributed by atoms with E-state index in [0.29, 0.717) is 24.1 Å². The van der Waals surface area contributed by atoms with Crippen molar-refractivity contribution in [3.05, 3.63) is 41.6 Å². The number of carbonyl (C=O) groups is 1. The van der Waals surface area contributed by atoms with Gasteiger partial charge in [0.2, 0.25) is 0 Å². The van der Waals surface area contributed by atoms with Gasteiger partial charge in [-0.25, -0.2) is 14.8 Å². The number of nitrogens with one attached hydrogen (secondary N) is 1. The Hall–Kier alpha value is -2.43. The lowest BCUT2D eigenvalue weighted by Gasteiger charge is -2.12. The van der Waals surface area contributed by atoms with Crippen LogP contribution in [0.25, 0.3) is 11.4 Å². The molecule has 5 nitrogen and oxygen atoms in total. The molecule has 0 bridgehead atoms. The highest BCUT2D eigenvalue weighted by Crippen LogP contribution is 2.22. The Morgan fingerprint density at radius 2 is 2.05 bits per heavy atom. The second-order valence-corrected chi connectivity index (χ2v) is 5.35. The molecule has 2 rings (SSSR count). The Morgan fingerprint density at radius 1 is 1.33 bits per heavy atom. The second-order valence-electron chi connectivity index (χ2n) is 5.35. The van der Waals surface area contributed by atoms with Crippen molar-refractivity contribution < 1.29 is 9.90 Å². The topological polar surface area (TPSA) is 75.1 Å². The highest BCUT2D eigenvalue weighted by atomic mass is 16.4. The molecule has 110 valence electrons. The molecule has 0 unspecified atom stereocenters. The van der Waals surface area contributed by atoms with Crippen LogP contribution in [0.2, 0.25) is 0 Å². The lowest BCUT2D eigenvalue weighted by molar-refractivity contribution is 0.0697. The monoisotopic (exact) mass is 285 g/mol. The van der Waals surface area contributed by atoms with E-state index < -0.39 is 5.97 Å². The number of hydrogen-bond acceptors (Lipinski definition) is 4. The molecule has 0 radical (unpaired) electrons. The van der Waals surface area contributed by atoms with Gasteiger partial charge in [0.1, 0.15) is 11.4 Å². The minimum absolute atomic E-state index is 0.0907. The predicted octanol–water partition coefficient (Wildman–Crippen LogP) is 3.22. The molecule has 0 saturated heterocycles. The van der Waals surface area contributed by atoms with E-state index in [1.807, 2.05) is 31.2 Å². The van der Waals surface area contributed by atoms with Crippen LogP contribution in [-0.2, 0) is 0 Å². The summed E-state index contributed by atoms with van der Waals surface area (Å²) < 4.78 is 0. The van der Waals surface area contributed by atoms with Gasteiger partial charge in [-0.3, -0.25) is 0 Å². The van der Waals surface area contributed by atoms with Crippen molar-refractivity contribution >= 4 is 11.8 Å². The predicted molar refractivity (Wildman–Crippen MR) is 82.5 cm³/mol. The first-order valence-electron chi connectivity index (χ1n) is 6.89. The normalized spacial score (nSPS) is 10.7. The summed E-state index contributed by atoms with van der Waals surface area (Å²) in [6.45, 7) is 6.74. The van der Waals surface area contributed by atoms with E-state index in [0.717, 1.165) is 11.1 Å². The van der Waals surface area contributed by atoms with E-state index >= 15 is 0 Å². The zero-order valence-corrected chi connectivity index (χ0v) is 12.4. The SMILES string of the molecule is Cc1ccccc1-c1ncc(C(=O)O)c(NCC(C)C)n1. The van der Waals surface area contributed by atoms with Gasteiger partial charge >= 0.3 is 5.97 Å². The minimum atomic E-state index is -1.03. The molecule has 0 aliphatic carbocycles. The smallest absolute Gasteiger partial charge is 0.341 e. The molecule has 21 heavy (non-hydrogen) atoms. The lowest BCUT2D eigenvalue weighted by atomic mass is 10.1. The maximum atomic E-state index is 11.3. The number of carboxylic acids is 1. The number of aromatic carboxylic acids is 1. The molecular weight excluding hydrogens is 266 g/mol. The summed E-state index contributed by atoms with van der Waals surface area (Å²) >= 11 is 0. The number of rotatable bonds is 5. The van der Waals surface area contributed by atoms with Gasteiger partial charge < -0.3 is 10.4 Å². The Kier molecular flexibility index (Phi) is 4.52. The maximum absolute atomic E-state index is 11.3. The van der Waals surface area contributed by atoms with E-state index in [9.17, 15) is 9.90 Å². The lowest BCUT2D eigenvalue weighted by Crippen LogP contribution is -2.14. The molecule has 0 atom stereocenters. The number of carboxylic acid groups (broad SMARTS) is 1. The fourth-order valence-corrected chi connectivity index (χ4v) is 1.93. The van der Waals surface area contributed by atoms with Crippen LogP contribution in [0.1, 0.15) is 29.8 Å². The highest BCUT2D eigenvalue weighted by Gasteiger charge is 2.15. The molecule has 1 aromatic heterocycles. The summed E-state index contributed by atoms with van der Waals surface area (Å²) in [5.41, 5.74) is 2.05. The van der Waals surface area contributed by atoms with Crippen LogP contribution >= 0.6 is 0 Å². The van der Waals surface area contributed by atoms with Gasteiger partial charge in [-0.1, -0.05) is 38.1 Å². The molecule has 0 aliphatic heterocycles. The average molecular weight is 285 g/mol. The number of aryl methyl sites for hydroxylation is 1. The molecular formula is C16H19N3O2. The van der Waals surface area contributed by atoms with Crippen molar-refractivity contribution in [3.8, 4) is 11.4 Å². The first-order valence-corrected chi connectivity index (χ1v) is 6.89. The summed E-state index contributed by atoms with van der Waals surface area (Å²) in [7, 11) is 0. The summed E-state index contributed by atoms with van der Waals surface area (Å²) in [5.74, 6) is 0.259. The Labute approximate surface area is 124 Å². The summed E-state index contributed by atoms with van der Waals surface area (Å²) in [5, 5.41) is 12.3. The molecule has 1 aromatic carbocycles. The first kappa shape index (κ1) is 15.0. The molecule has 2 N–H and O–H groups in total. The van der Waals surface area contributed by atoms with Crippen LogP contribution in [0.3, 0.4) is 0 Å². The fraction of sp³-hybridized carbons (Fsp3) is 0.312. The van der Waals surface area contributed by atoms with Crippen molar-refractivity contribution in [1.82, 2.24) is 9.97 Å². The Morgan fingerprint density at radius 3 is 2.67 bits per heavy atom. The fourth-order valence-electron chi connectivity index (χ4n) is 1.93. The second kappa shape index (κ2) is 6.35. The van der Waals surface area contributed by atoms with E-state index in [-0.39, 0.29) is 5.56 Å². The summed E-state index contributed by atoms with van der Waals surface area (Å²) in [6, 6.07) is 7.77. The molecule has 0 saturated carbocycles.